The number of imidazole rings is 1. The van der Waals surface area contributed by atoms with Crippen LogP contribution in [0.2, 0.25) is 0 Å². The van der Waals surface area contributed by atoms with Crippen molar-refractivity contribution >= 4 is 11.0 Å². The Morgan fingerprint density at radius 2 is 1.36 bits per heavy atom. The number of fused-ring (bicyclic) bond motifs is 1. The Kier molecular flexibility index (Phi) is 11.7. The van der Waals surface area contributed by atoms with Crippen LogP contribution in [0.3, 0.4) is 0 Å². The zero-order valence-corrected chi connectivity index (χ0v) is 22.9. The summed E-state index contributed by atoms with van der Waals surface area (Å²) in [4.78, 5) is 5.01. The topological polar surface area (TPSA) is 58.3 Å². The number of aryl methyl sites for hydroxylation is 1. The Morgan fingerprint density at radius 3 is 1.88 bits per heavy atom. The molecule has 4 nitrogen and oxygen atoms in total. The number of aliphatic hydroxyl groups excluding tert-OH is 2. The summed E-state index contributed by atoms with van der Waals surface area (Å²) in [5.74, 6) is 1.79. The molecule has 0 unspecified atom stereocenters. The summed E-state index contributed by atoms with van der Waals surface area (Å²) in [6, 6.07) is 24.6. The van der Waals surface area contributed by atoms with Crippen LogP contribution >= 0.6 is 0 Å². The summed E-state index contributed by atoms with van der Waals surface area (Å²) < 4.78 is 2.35. The third kappa shape index (κ3) is 6.18. The molecule has 33 heavy (non-hydrogen) atoms. The van der Waals surface area contributed by atoms with E-state index in [0.29, 0.717) is 11.8 Å². The zero-order chi connectivity index (χ0) is 23.8. The number of nitrogens with zero attached hydrogens (tertiary/aromatic N) is 2. The molecule has 0 saturated heterocycles. The van der Waals surface area contributed by atoms with Crippen molar-refractivity contribution in [2.45, 2.75) is 46.5 Å². The van der Waals surface area contributed by atoms with Crippen LogP contribution in [0.25, 0.3) is 28.1 Å². The molecule has 1 aromatic heterocycles. The maximum Gasteiger partial charge on any atom is 0.0774 e. The quantitative estimate of drug-likeness (QED) is 0.264. The van der Waals surface area contributed by atoms with E-state index >= 15 is 0 Å². The molecule has 179 valence electrons. The molecule has 0 aliphatic rings. The third-order valence-electron chi connectivity index (χ3n) is 5.29. The molecular weight excluding hydrogens is 589 g/mol. The van der Waals surface area contributed by atoms with Crippen molar-refractivity contribution in [2.24, 2.45) is 0 Å². The largest absolute Gasteiger partial charge is 0.400 e. The van der Waals surface area contributed by atoms with Crippen molar-refractivity contribution in [2.75, 3.05) is 14.2 Å². The number of benzene rings is 3. The maximum absolute atomic E-state index is 7.00. The van der Waals surface area contributed by atoms with Crippen LogP contribution in [0, 0.1) is 13.0 Å². The van der Waals surface area contributed by atoms with Gasteiger partial charge < -0.3 is 14.8 Å². The van der Waals surface area contributed by atoms with Crippen molar-refractivity contribution in [1.82, 2.24) is 9.55 Å². The molecule has 0 aliphatic carbocycles. The monoisotopic (exact) mass is 624 g/mol. The van der Waals surface area contributed by atoms with Crippen LogP contribution in [-0.4, -0.2) is 34.0 Å². The Labute approximate surface area is 211 Å². The molecule has 4 aromatic rings. The molecule has 0 spiro atoms. The first-order chi connectivity index (χ1) is 15.5. The first kappa shape index (κ1) is 28.7. The van der Waals surface area contributed by atoms with Crippen molar-refractivity contribution in [3.8, 4) is 17.1 Å². The number of hydrogen-bond donors (Lipinski definition) is 2. The van der Waals surface area contributed by atoms with Gasteiger partial charge in [-0.15, -0.1) is 35.9 Å². The number of aromatic nitrogens is 2. The first-order valence-electron chi connectivity index (χ1n) is 11.0. The van der Waals surface area contributed by atoms with Gasteiger partial charge >= 0.3 is 0 Å². The van der Waals surface area contributed by atoms with E-state index < -0.39 is 0 Å². The Morgan fingerprint density at radius 1 is 0.818 bits per heavy atom. The standard InChI is InChI=1S/C26H27N2.2CH4O.Ir/c1-17(2)21-15-19(5)16-22(18(3)4)25(21)28-24-14-10-9-13-23(24)27-26(28)20-11-7-6-8-12-20;2*1-2;/h6-11,13-18H,1-5H3;2*2H,1H3;/q-1;;;. The molecule has 5 heteroatoms. The van der Waals surface area contributed by atoms with E-state index in [1.54, 1.807) is 0 Å². The average molecular weight is 624 g/mol. The van der Waals surface area contributed by atoms with Gasteiger partial charge in [0.1, 0.15) is 0 Å². The SMILES string of the molecule is CO.CO.Cc1cc(C(C)C)c(-n2c(-c3[c-]cccc3)nc3ccccc32)c(C(C)C)c1.[Ir]. The Bertz CT molecular complexity index is 1110. The normalized spacial score (nSPS) is 10.3. The van der Waals surface area contributed by atoms with E-state index in [2.05, 4.69) is 93.8 Å². The van der Waals surface area contributed by atoms with Gasteiger partial charge in [0, 0.05) is 40.0 Å². The third-order valence-corrected chi connectivity index (χ3v) is 5.29. The maximum atomic E-state index is 7.00. The zero-order valence-electron chi connectivity index (χ0n) is 20.6. The summed E-state index contributed by atoms with van der Waals surface area (Å²) in [6.45, 7) is 11.3. The van der Waals surface area contributed by atoms with Gasteiger partial charge in [-0.25, -0.2) is 0 Å². The predicted molar refractivity (Wildman–Crippen MR) is 135 cm³/mol. The molecule has 0 amide bonds. The summed E-state index contributed by atoms with van der Waals surface area (Å²) in [6.07, 6.45) is 0. The summed E-state index contributed by atoms with van der Waals surface area (Å²) in [7, 11) is 2.00. The minimum atomic E-state index is 0. The summed E-state index contributed by atoms with van der Waals surface area (Å²) in [5.41, 5.74) is 8.49. The van der Waals surface area contributed by atoms with Gasteiger partial charge in [0.05, 0.1) is 16.9 Å². The van der Waals surface area contributed by atoms with Crippen molar-refractivity contribution < 1.29 is 30.3 Å². The van der Waals surface area contributed by atoms with Crippen molar-refractivity contribution in [3.05, 3.63) is 83.4 Å². The average Bonchev–Trinajstić information content (AvgIpc) is 3.21. The fourth-order valence-electron chi connectivity index (χ4n) is 3.94. The second kappa shape index (κ2) is 13.4. The Balaban J connectivity index is 0.00000103. The molecule has 1 heterocycles. The molecule has 1 radical (unpaired) electrons. The minimum absolute atomic E-state index is 0. The van der Waals surface area contributed by atoms with Gasteiger partial charge in [-0.1, -0.05) is 57.5 Å². The van der Waals surface area contributed by atoms with E-state index in [1.165, 1.54) is 22.4 Å². The van der Waals surface area contributed by atoms with E-state index in [0.717, 1.165) is 36.6 Å². The fourth-order valence-corrected chi connectivity index (χ4v) is 3.94. The van der Waals surface area contributed by atoms with Crippen LogP contribution in [-0.2, 0) is 20.1 Å². The van der Waals surface area contributed by atoms with Gasteiger partial charge in [-0.3, -0.25) is 4.98 Å². The number of para-hydroxylation sites is 2. The van der Waals surface area contributed by atoms with Crippen LogP contribution in [0.1, 0.15) is 56.2 Å². The first-order valence-corrected chi connectivity index (χ1v) is 11.0. The van der Waals surface area contributed by atoms with Gasteiger partial charge in [-0.05, 0) is 42.0 Å². The second-order valence-corrected chi connectivity index (χ2v) is 8.14. The Hall–Kier alpha value is -2.30. The van der Waals surface area contributed by atoms with E-state index in [1.807, 2.05) is 12.1 Å². The van der Waals surface area contributed by atoms with Crippen LogP contribution < -0.4 is 0 Å². The summed E-state index contributed by atoms with van der Waals surface area (Å²) >= 11 is 0. The minimum Gasteiger partial charge on any atom is -0.400 e. The summed E-state index contributed by atoms with van der Waals surface area (Å²) in [5, 5.41) is 14.0. The van der Waals surface area contributed by atoms with E-state index in [4.69, 9.17) is 15.2 Å². The van der Waals surface area contributed by atoms with Gasteiger partial charge in [-0.2, -0.15) is 0 Å². The number of hydrogen-bond acceptors (Lipinski definition) is 3. The molecular formula is C28H35IrN2O2-. The number of rotatable bonds is 4. The van der Waals surface area contributed by atoms with Crippen LogP contribution in [0.5, 0.6) is 0 Å². The van der Waals surface area contributed by atoms with Crippen LogP contribution in [0.4, 0.5) is 0 Å². The van der Waals surface area contributed by atoms with Gasteiger partial charge in [0.15, 0.2) is 0 Å². The molecule has 0 aliphatic heterocycles. The molecule has 3 aromatic carbocycles. The molecule has 0 bridgehead atoms. The fraction of sp³-hybridized carbons (Fsp3) is 0.321. The number of aliphatic hydroxyl groups is 2. The molecule has 0 fully saturated rings. The second-order valence-electron chi connectivity index (χ2n) is 8.14. The van der Waals surface area contributed by atoms with Gasteiger partial charge in [0.25, 0.3) is 0 Å². The predicted octanol–water partition coefficient (Wildman–Crippen LogP) is 6.26. The van der Waals surface area contributed by atoms with Crippen molar-refractivity contribution in [1.29, 1.82) is 0 Å². The van der Waals surface area contributed by atoms with E-state index in [9.17, 15) is 0 Å². The van der Waals surface area contributed by atoms with Crippen LogP contribution in [0.15, 0.2) is 60.7 Å². The molecule has 0 atom stereocenters. The van der Waals surface area contributed by atoms with E-state index in [-0.39, 0.29) is 20.1 Å². The molecule has 4 rings (SSSR count). The molecule has 0 saturated carbocycles. The van der Waals surface area contributed by atoms with Gasteiger partial charge in [0.2, 0.25) is 0 Å². The smallest absolute Gasteiger partial charge is 0.0774 e. The molecule has 2 N–H and O–H groups in total. The van der Waals surface area contributed by atoms with Crippen molar-refractivity contribution in [3.63, 3.8) is 0 Å².